The number of halogens is 1. The fourth-order valence-electron chi connectivity index (χ4n) is 3.27. The van der Waals surface area contributed by atoms with Gasteiger partial charge in [0.05, 0.1) is 0 Å². The molecule has 0 aliphatic heterocycles. The van der Waals surface area contributed by atoms with Crippen LogP contribution >= 0.6 is 17.5 Å². The van der Waals surface area contributed by atoms with Crippen molar-refractivity contribution in [2.45, 2.75) is 6.42 Å². The van der Waals surface area contributed by atoms with E-state index in [-0.39, 0.29) is 0 Å². The normalized spacial score (nSPS) is 10.1. The van der Waals surface area contributed by atoms with E-state index in [1.165, 1.54) is 27.6 Å². The molecule has 0 aliphatic rings. The summed E-state index contributed by atoms with van der Waals surface area (Å²) in [6.45, 7) is 7.24. The summed E-state index contributed by atoms with van der Waals surface area (Å²) in [7, 11) is 3.85. The molecular weight excluding hydrogens is 549 g/mol. The van der Waals surface area contributed by atoms with Gasteiger partial charge in [0.1, 0.15) is 0 Å². The Morgan fingerprint density at radius 1 is 0.824 bits per heavy atom. The number of aromatic nitrogens is 1. The van der Waals surface area contributed by atoms with Gasteiger partial charge in [-0.05, 0) is 36.0 Å². The van der Waals surface area contributed by atoms with Crippen molar-refractivity contribution < 1.29 is 18.2 Å². The topological polar surface area (TPSA) is 25.2 Å². The molecule has 4 rings (SSSR count). The molecule has 0 aliphatic carbocycles. The van der Waals surface area contributed by atoms with Crippen LogP contribution in [0.3, 0.4) is 0 Å². The molecule has 0 N–H and O–H groups in total. The Bertz CT molecular complexity index is 1070. The predicted molar refractivity (Wildman–Crippen MR) is 147 cm³/mol. The average molecular weight is 577 g/mol. The van der Waals surface area contributed by atoms with Crippen LogP contribution in [0.1, 0.15) is 11.3 Å². The zero-order chi connectivity index (χ0) is 24.4. The number of aliphatic imine (C=N–C) groups is 1. The Hall–Kier alpha value is -2.53. The van der Waals surface area contributed by atoms with E-state index in [1.54, 1.807) is 0 Å². The van der Waals surface area contributed by atoms with Gasteiger partial charge in [-0.1, -0.05) is 91.0 Å². The van der Waals surface area contributed by atoms with E-state index in [2.05, 4.69) is 131 Å². The first-order chi connectivity index (χ1) is 16.8. The second kappa shape index (κ2) is 17.0. The van der Waals surface area contributed by atoms with Gasteiger partial charge in [0, 0.05) is 36.6 Å². The SMILES string of the molecule is C(=NCCc1ccccn1)c1ccccc1P(c1ccccc1)c1ccccc1.C=C[CH2-].[Cl][Pd+]. The summed E-state index contributed by atoms with van der Waals surface area (Å²) < 4.78 is 0. The summed E-state index contributed by atoms with van der Waals surface area (Å²) in [5, 5.41) is 4.03. The Labute approximate surface area is 220 Å². The standard InChI is InChI=1S/C26H23N2P.C3H5.ClH.Pd/c1-3-13-24(14-4-1)29(25-15-5-2-6-16-25)26-17-8-7-11-22(26)21-27-20-18-23-12-9-10-19-28-23;1-3-2;;/h1-17,19,21H,18,20H2;3H,1-2H2;1H;/q;-1;;+2/p-1. The quantitative estimate of drug-likeness (QED) is 0.111. The van der Waals surface area contributed by atoms with E-state index in [0.29, 0.717) is 0 Å². The molecule has 0 fully saturated rings. The number of allylic oxidation sites excluding steroid dienone is 1. The van der Waals surface area contributed by atoms with Gasteiger partial charge >= 0.3 is 27.7 Å². The van der Waals surface area contributed by atoms with Crippen molar-refractivity contribution >= 4 is 39.6 Å². The number of hydrogen-bond acceptors (Lipinski definition) is 2. The van der Waals surface area contributed by atoms with Crippen LogP contribution < -0.4 is 15.9 Å². The van der Waals surface area contributed by atoms with Gasteiger partial charge in [-0.15, -0.1) is 0 Å². The van der Waals surface area contributed by atoms with Crippen molar-refractivity contribution in [1.82, 2.24) is 4.98 Å². The van der Waals surface area contributed by atoms with Crippen molar-refractivity contribution in [2.75, 3.05) is 6.54 Å². The molecule has 0 radical (unpaired) electrons. The number of nitrogens with zero attached hydrogens (tertiary/aromatic N) is 2. The number of hydrogen-bond donors (Lipinski definition) is 0. The molecule has 4 aromatic rings. The maximum atomic E-state index is 4.71. The van der Waals surface area contributed by atoms with Gasteiger partial charge in [-0.2, -0.15) is 0 Å². The van der Waals surface area contributed by atoms with Crippen LogP contribution in [0.15, 0.2) is 127 Å². The van der Waals surface area contributed by atoms with E-state index >= 15 is 0 Å². The Kier molecular flexibility index (Phi) is 13.8. The predicted octanol–water partition coefficient (Wildman–Crippen LogP) is 6.19. The fraction of sp³-hybridized carbons (Fsp3) is 0.0690. The van der Waals surface area contributed by atoms with E-state index in [1.807, 2.05) is 30.6 Å². The Morgan fingerprint density at radius 2 is 1.35 bits per heavy atom. The van der Waals surface area contributed by atoms with Crippen molar-refractivity contribution in [2.24, 2.45) is 4.99 Å². The van der Waals surface area contributed by atoms with Crippen molar-refractivity contribution in [3.8, 4) is 0 Å². The second-order valence-electron chi connectivity index (χ2n) is 6.96. The summed E-state index contributed by atoms with van der Waals surface area (Å²) in [6.07, 6.45) is 6.21. The van der Waals surface area contributed by atoms with Crippen LogP contribution in [0.4, 0.5) is 0 Å². The Balaban J connectivity index is 0.000000758. The van der Waals surface area contributed by atoms with Crippen LogP contribution in [0, 0.1) is 6.92 Å². The van der Waals surface area contributed by atoms with Gasteiger partial charge in [-0.25, -0.2) is 19.6 Å². The van der Waals surface area contributed by atoms with Crippen molar-refractivity contribution in [1.29, 1.82) is 0 Å². The van der Waals surface area contributed by atoms with Crippen LogP contribution in [-0.4, -0.2) is 17.7 Å². The maximum absolute atomic E-state index is 4.71. The van der Waals surface area contributed by atoms with Crippen molar-refractivity contribution in [3.05, 3.63) is 140 Å². The molecule has 0 saturated carbocycles. The van der Waals surface area contributed by atoms with E-state index < -0.39 is 7.92 Å². The molecule has 0 amide bonds. The molecule has 1 heterocycles. The molecule has 1 aromatic heterocycles. The first kappa shape index (κ1) is 27.7. The minimum absolute atomic E-state index is 0.635. The van der Waals surface area contributed by atoms with E-state index in [4.69, 9.17) is 4.99 Å². The van der Waals surface area contributed by atoms with Gasteiger partial charge < -0.3 is 0 Å². The van der Waals surface area contributed by atoms with Crippen LogP contribution in [0.25, 0.3) is 0 Å². The molecule has 0 atom stereocenters. The summed E-state index contributed by atoms with van der Waals surface area (Å²) in [5.74, 6) is 0. The van der Waals surface area contributed by atoms with Crippen LogP contribution in [0.5, 0.6) is 0 Å². The molecule has 176 valence electrons. The van der Waals surface area contributed by atoms with Gasteiger partial charge in [0.25, 0.3) is 0 Å². The molecule has 34 heavy (non-hydrogen) atoms. The molecule has 0 bridgehead atoms. The molecule has 5 heteroatoms. The van der Waals surface area contributed by atoms with Gasteiger partial charge in [0.15, 0.2) is 0 Å². The number of benzene rings is 3. The Morgan fingerprint density at radius 3 is 1.91 bits per heavy atom. The third-order valence-corrected chi connectivity index (χ3v) is 7.18. The number of pyridine rings is 1. The average Bonchev–Trinajstić information content (AvgIpc) is 2.91. The molecule has 0 unspecified atom stereocenters. The summed E-state index contributed by atoms with van der Waals surface area (Å²) in [5.41, 5.74) is 2.26. The van der Waals surface area contributed by atoms with Crippen LogP contribution in [-0.2, 0) is 24.6 Å². The fourth-order valence-corrected chi connectivity index (χ4v) is 5.69. The summed E-state index contributed by atoms with van der Waals surface area (Å²) >= 11 is 2.22. The zero-order valence-electron chi connectivity index (χ0n) is 18.9. The molecule has 2 nitrogen and oxygen atoms in total. The third kappa shape index (κ3) is 9.02. The minimum atomic E-state index is -0.635. The first-order valence-electron chi connectivity index (χ1n) is 10.7. The number of rotatable bonds is 7. The van der Waals surface area contributed by atoms with E-state index in [0.717, 1.165) is 18.7 Å². The second-order valence-corrected chi connectivity index (χ2v) is 9.15. The van der Waals surface area contributed by atoms with Crippen LogP contribution in [0.2, 0.25) is 0 Å². The molecule has 0 spiro atoms. The first-order valence-corrected chi connectivity index (χ1v) is 14.1. The zero-order valence-corrected chi connectivity index (χ0v) is 22.1. The molecule has 0 saturated heterocycles. The van der Waals surface area contributed by atoms with Gasteiger partial charge in [0.2, 0.25) is 0 Å². The monoisotopic (exact) mass is 576 g/mol. The molecule has 3 aromatic carbocycles. The third-order valence-electron chi connectivity index (χ3n) is 4.66. The summed E-state index contributed by atoms with van der Waals surface area (Å²) in [6, 6.07) is 36.2. The summed E-state index contributed by atoms with van der Waals surface area (Å²) in [4.78, 5) is 9.09. The van der Waals surface area contributed by atoms with E-state index in [9.17, 15) is 0 Å². The molecular formula is C29H28ClN2PPd. The van der Waals surface area contributed by atoms with Crippen molar-refractivity contribution in [3.63, 3.8) is 0 Å². The van der Waals surface area contributed by atoms with Gasteiger partial charge in [-0.3, -0.25) is 9.98 Å².